The van der Waals surface area contributed by atoms with Gasteiger partial charge in [0.25, 0.3) is 0 Å². The number of piperidine rings is 1. The molecule has 4 heteroatoms. The van der Waals surface area contributed by atoms with Gasteiger partial charge in [0.2, 0.25) is 0 Å². The van der Waals surface area contributed by atoms with E-state index in [1.807, 2.05) is 12.1 Å². The van der Waals surface area contributed by atoms with Gasteiger partial charge in [-0.15, -0.1) is 0 Å². The number of hydrogen-bond acceptors (Lipinski definition) is 3. The Balaban J connectivity index is 1.36. The van der Waals surface area contributed by atoms with E-state index in [0.29, 0.717) is 19.1 Å². The van der Waals surface area contributed by atoms with Crippen molar-refractivity contribution in [2.75, 3.05) is 19.8 Å². The van der Waals surface area contributed by atoms with Crippen molar-refractivity contribution in [3.8, 4) is 11.1 Å². The average Bonchev–Trinajstić information content (AvgIpc) is 3.36. The van der Waals surface area contributed by atoms with Crippen LogP contribution in [0.2, 0.25) is 0 Å². The highest BCUT2D eigenvalue weighted by Gasteiger charge is 2.61. The Hall–Kier alpha value is -2.33. The van der Waals surface area contributed by atoms with Gasteiger partial charge in [0.15, 0.2) is 0 Å². The molecule has 4 nitrogen and oxygen atoms in total. The van der Waals surface area contributed by atoms with Crippen molar-refractivity contribution in [1.82, 2.24) is 4.90 Å². The molecule has 2 aromatic carbocycles. The van der Waals surface area contributed by atoms with Gasteiger partial charge in [-0.2, -0.15) is 0 Å². The molecular weight excluding hydrogens is 326 g/mol. The van der Waals surface area contributed by atoms with Crippen molar-refractivity contribution >= 4 is 6.09 Å². The predicted octanol–water partition coefficient (Wildman–Crippen LogP) is 3.78. The molecule has 0 aromatic heterocycles. The molecule has 2 aromatic rings. The molecule has 1 heterocycles. The minimum absolute atomic E-state index is 0.0435. The van der Waals surface area contributed by atoms with Crippen LogP contribution in [-0.4, -0.2) is 41.4 Å². The lowest BCUT2D eigenvalue weighted by atomic mass is 9.98. The van der Waals surface area contributed by atoms with E-state index in [9.17, 15) is 9.90 Å². The minimum atomic E-state index is -0.346. The zero-order chi connectivity index (χ0) is 17.7. The number of aliphatic hydroxyl groups excluding tert-OH is 1. The lowest BCUT2D eigenvalue weighted by molar-refractivity contribution is 0.0421. The van der Waals surface area contributed by atoms with Crippen molar-refractivity contribution in [2.45, 2.75) is 30.7 Å². The van der Waals surface area contributed by atoms with Gasteiger partial charge in [-0.05, 0) is 47.4 Å². The molecule has 0 spiro atoms. The fourth-order valence-electron chi connectivity index (χ4n) is 5.01. The summed E-state index contributed by atoms with van der Waals surface area (Å²) in [6.07, 6.45) is 2.74. The maximum Gasteiger partial charge on any atom is 0.410 e. The van der Waals surface area contributed by atoms with Gasteiger partial charge in [-0.3, -0.25) is 4.90 Å². The Kier molecular flexibility index (Phi) is 3.57. The molecule has 0 unspecified atom stereocenters. The van der Waals surface area contributed by atoms with Gasteiger partial charge in [-0.25, -0.2) is 4.79 Å². The molecule has 26 heavy (non-hydrogen) atoms. The number of nitrogens with zero attached hydrogens (tertiary/aromatic N) is 1. The van der Waals surface area contributed by atoms with Crippen molar-refractivity contribution in [2.24, 2.45) is 5.92 Å². The van der Waals surface area contributed by atoms with E-state index in [0.717, 1.165) is 19.3 Å². The maximum atomic E-state index is 12.8. The number of amides is 1. The lowest BCUT2D eigenvalue weighted by Crippen LogP contribution is -2.49. The van der Waals surface area contributed by atoms with Crippen LogP contribution in [0.3, 0.4) is 0 Å². The van der Waals surface area contributed by atoms with E-state index in [1.165, 1.54) is 22.3 Å². The van der Waals surface area contributed by atoms with Crippen LogP contribution in [0.4, 0.5) is 4.79 Å². The molecule has 134 valence electrons. The summed E-state index contributed by atoms with van der Waals surface area (Å²) in [5.74, 6) is 0.526. The molecule has 1 amide bonds. The first-order valence-corrected chi connectivity index (χ1v) is 9.48. The number of carbonyl (C=O) groups is 1. The standard InChI is InChI=1S/C22H23NO3/c24-14-22-12-15(22)6-5-11-23(22)21(25)26-13-20-18-9-3-1-7-16(18)17-8-2-4-10-19(17)20/h1-4,7-10,15,20,24H,5-6,11-14H2/t15-,22-/m1/s1. The van der Waals surface area contributed by atoms with Crippen LogP contribution >= 0.6 is 0 Å². The highest BCUT2D eigenvalue weighted by molar-refractivity contribution is 5.79. The summed E-state index contributed by atoms with van der Waals surface area (Å²) in [6, 6.07) is 16.7. The molecule has 1 aliphatic heterocycles. The second kappa shape index (κ2) is 5.85. The largest absolute Gasteiger partial charge is 0.448 e. The smallest absolute Gasteiger partial charge is 0.410 e. The van der Waals surface area contributed by atoms with Crippen LogP contribution in [0, 0.1) is 5.92 Å². The zero-order valence-corrected chi connectivity index (χ0v) is 14.7. The van der Waals surface area contributed by atoms with Gasteiger partial charge in [-0.1, -0.05) is 48.5 Å². The molecule has 3 aliphatic rings. The molecule has 1 N–H and O–H groups in total. The number of benzene rings is 2. The summed E-state index contributed by atoms with van der Waals surface area (Å²) in [6.45, 7) is 1.07. The molecule has 2 fully saturated rings. The summed E-state index contributed by atoms with van der Waals surface area (Å²) in [7, 11) is 0. The van der Waals surface area contributed by atoms with E-state index in [4.69, 9.17) is 4.74 Å². The highest BCUT2D eigenvalue weighted by Crippen LogP contribution is 2.54. The van der Waals surface area contributed by atoms with Crippen molar-refractivity contribution in [3.05, 3.63) is 59.7 Å². The van der Waals surface area contributed by atoms with E-state index in [2.05, 4.69) is 36.4 Å². The SMILES string of the molecule is O=C(OCC1c2ccccc2-c2ccccc21)N1CCC[C@@H]2C[C@@]21CO. The number of carbonyl (C=O) groups excluding carboxylic acids is 1. The number of ether oxygens (including phenoxy) is 1. The predicted molar refractivity (Wildman–Crippen MR) is 98.9 cm³/mol. The van der Waals surface area contributed by atoms with E-state index >= 15 is 0 Å². The van der Waals surface area contributed by atoms with Crippen LogP contribution in [0.25, 0.3) is 11.1 Å². The first kappa shape index (κ1) is 15.9. The third-order valence-electron chi connectivity index (χ3n) is 6.50. The first-order valence-electron chi connectivity index (χ1n) is 9.48. The molecule has 0 bridgehead atoms. The second-order valence-corrected chi connectivity index (χ2v) is 7.76. The molecule has 5 rings (SSSR count). The molecule has 2 atom stereocenters. The van der Waals surface area contributed by atoms with Crippen LogP contribution in [0.15, 0.2) is 48.5 Å². The van der Waals surface area contributed by atoms with Crippen LogP contribution in [0.1, 0.15) is 36.3 Å². The summed E-state index contributed by atoms with van der Waals surface area (Å²) in [5, 5.41) is 9.80. The summed E-state index contributed by atoms with van der Waals surface area (Å²) < 4.78 is 5.78. The fourth-order valence-corrected chi connectivity index (χ4v) is 5.01. The second-order valence-electron chi connectivity index (χ2n) is 7.76. The van der Waals surface area contributed by atoms with E-state index < -0.39 is 0 Å². The highest BCUT2D eigenvalue weighted by atomic mass is 16.6. The number of likely N-dealkylation sites (tertiary alicyclic amines) is 1. The fraction of sp³-hybridized carbons (Fsp3) is 0.409. The van der Waals surface area contributed by atoms with Crippen LogP contribution < -0.4 is 0 Å². The van der Waals surface area contributed by atoms with Crippen molar-refractivity contribution in [3.63, 3.8) is 0 Å². The Morgan fingerprint density at radius 2 is 1.77 bits per heavy atom. The van der Waals surface area contributed by atoms with E-state index in [1.54, 1.807) is 4.90 Å². The minimum Gasteiger partial charge on any atom is -0.448 e. The Labute approximate surface area is 153 Å². The average molecular weight is 349 g/mol. The van der Waals surface area contributed by atoms with Gasteiger partial charge in [0.05, 0.1) is 12.1 Å². The third-order valence-corrected chi connectivity index (χ3v) is 6.50. The Morgan fingerprint density at radius 3 is 2.42 bits per heavy atom. The quantitative estimate of drug-likeness (QED) is 0.917. The zero-order valence-electron chi connectivity index (χ0n) is 14.7. The molecule has 0 radical (unpaired) electrons. The van der Waals surface area contributed by atoms with Gasteiger partial charge in [0, 0.05) is 12.5 Å². The van der Waals surface area contributed by atoms with Gasteiger partial charge in [0.1, 0.15) is 6.61 Å². The summed E-state index contributed by atoms with van der Waals surface area (Å²) in [5.41, 5.74) is 4.57. The molecular formula is C22H23NO3. The monoisotopic (exact) mass is 349 g/mol. The van der Waals surface area contributed by atoms with E-state index in [-0.39, 0.29) is 24.2 Å². The van der Waals surface area contributed by atoms with Crippen LogP contribution in [-0.2, 0) is 4.74 Å². The number of rotatable bonds is 3. The third kappa shape index (κ3) is 2.21. The molecule has 2 aliphatic carbocycles. The number of aliphatic hydroxyl groups is 1. The number of fused-ring (bicyclic) bond motifs is 4. The summed E-state index contributed by atoms with van der Waals surface area (Å²) in [4.78, 5) is 14.6. The Bertz CT molecular complexity index is 818. The van der Waals surface area contributed by atoms with Crippen molar-refractivity contribution < 1.29 is 14.6 Å². The maximum absolute atomic E-state index is 12.8. The normalized spacial score (nSPS) is 26.0. The molecule has 1 saturated carbocycles. The van der Waals surface area contributed by atoms with Crippen molar-refractivity contribution in [1.29, 1.82) is 0 Å². The Morgan fingerprint density at radius 1 is 1.12 bits per heavy atom. The first-order chi connectivity index (χ1) is 12.7. The van der Waals surface area contributed by atoms with Gasteiger partial charge >= 0.3 is 6.09 Å². The lowest BCUT2D eigenvalue weighted by Gasteiger charge is -2.34. The number of hydrogen-bond donors (Lipinski definition) is 1. The summed E-state index contributed by atoms with van der Waals surface area (Å²) >= 11 is 0. The van der Waals surface area contributed by atoms with Crippen LogP contribution in [0.5, 0.6) is 0 Å². The topological polar surface area (TPSA) is 49.8 Å². The van der Waals surface area contributed by atoms with Gasteiger partial charge < -0.3 is 9.84 Å². The molecule has 1 saturated heterocycles.